The van der Waals surface area contributed by atoms with Crippen LogP contribution in [-0.4, -0.2) is 47.8 Å². The van der Waals surface area contributed by atoms with Gasteiger partial charge in [0.05, 0.1) is 5.56 Å². The van der Waals surface area contributed by atoms with E-state index in [1.165, 1.54) is 0 Å². The van der Waals surface area contributed by atoms with Crippen molar-refractivity contribution in [3.63, 3.8) is 0 Å². The molecule has 0 radical (unpaired) electrons. The third kappa shape index (κ3) is 2.84. The van der Waals surface area contributed by atoms with Gasteiger partial charge in [0.1, 0.15) is 0 Å². The molecule has 1 aromatic rings. The highest BCUT2D eigenvalue weighted by Gasteiger charge is 2.41. The van der Waals surface area contributed by atoms with E-state index in [1.54, 1.807) is 11.3 Å². The molecule has 1 aromatic heterocycles. The highest BCUT2D eigenvalue weighted by molar-refractivity contribution is 7.08. The lowest BCUT2D eigenvalue weighted by Crippen LogP contribution is -2.52. The van der Waals surface area contributed by atoms with Gasteiger partial charge in [-0.3, -0.25) is 9.59 Å². The number of amides is 2. The van der Waals surface area contributed by atoms with Crippen LogP contribution in [0.3, 0.4) is 0 Å². The molecule has 21 heavy (non-hydrogen) atoms. The molecule has 3 heterocycles. The smallest absolute Gasteiger partial charge is 0.254 e. The summed E-state index contributed by atoms with van der Waals surface area (Å²) in [5.74, 6) is 0.449. The number of nitrogens with zero attached hydrogens (tertiary/aromatic N) is 2. The van der Waals surface area contributed by atoms with E-state index >= 15 is 0 Å². The van der Waals surface area contributed by atoms with Crippen molar-refractivity contribution in [2.45, 2.75) is 32.6 Å². The summed E-state index contributed by atoms with van der Waals surface area (Å²) in [5.41, 5.74) is 1.06. The molecule has 4 nitrogen and oxygen atoms in total. The number of rotatable bonds is 2. The highest BCUT2D eigenvalue weighted by atomic mass is 32.1. The second kappa shape index (κ2) is 5.79. The zero-order chi connectivity index (χ0) is 14.9. The lowest BCUT2D eigenvalue weighted by molar-refractivity contribution is -0.138. The fourth-order valence-corrected chi connectivity index (χ4v) is 4.18. The normalized spacial score (nSPS) is 21.9. The van der Waals surface area contributed by atoms with Crippen molar-refractivity contribution in [3.05, 3.63) is 22.4 Å². The molecule has 114 valence electrons. The summed E-state index contributed by atoms with van der Waals surface area (Å²) < 4.78 is 0. The van der Waals surface area contributed by atoms with Crippen molar-refractivity contribution < 1.29 is 9.59 Å². The molecule has 0 aliphatic carbocycles. The van der Waals surface area contributed by atoms with Crippen LogP contribution in [-0.2, 0) is 4.79 Å². The average Bonchev–Trinajstić information content (AvgIpc) is 3.04. The van der Waals surface area contributed by atoms with E-state index in [4.69, 9.17) is 0 Å². The molecule has 0 atom stereocenters. The molecule has 0 N–H and O–H groups in total. The first-order valence-corrected chi connectivity index (χ1v) is 8.67. The van der Waals surface area contributed by atoms with Crippen LogP contribution in [0.25, 0.3) is 0 Å². The molecule has 0 aromatic carbocycles. The summed E-state index contributed by atoms with van der Waals surface area (Å²) in [4.78, 5) is 28.2. The summed E-state index contributed by atoms with van der Waals surface area (Å²) in [7, 11) is 0. The van der Waals surface area contributed by atoms with Crippen molar-refractivity contribution in [2.24, 2.45) is 5.41 Å². The number of carbonyl (C=O) groups excluding carboxylic acids is 2. The van der Waals surface area contributed by atoms with Gasteiger partial charge in [-0.2, -0.15) is 11.3 Å². The van der Waals surface area contributed by atoms with Gasteiger partial charge in [0.15, 0.2) is 0 Å². The molecule has 0 unspecified atom stereocenters. The van der Waals surface area contributed by atoms with Crippen LogP contribution in [0, 0.1) is 5.41 Å². The summed E-state index contributed by atoms with van der Waals surface area (Å²) >= 11 is 1.57. The summed E-state index contributed by atoms with van der Waals surface area (Å²) in [5, 5.41) is 3.87. The molecular formula is C16H22N2O2S. The molecule has 1 spiro atoms. The monoisotopic (exact) mass is 306 g/mol. The van der Waals surface area contributed by atoms with E-state index in [9.17, 15) is 9.59 Å². The Labute approximate surface area is 129 Å². The first-order chi connectivity index (χ1) is 10.1. The fraction of sp³-hybridized carbons (Fsp3) is 0.625. The van der Waals surface area contributed by atoms with Crippen molar-refractivity contribution in [1.29, 1.82) is 0 Å². The van der Waals surface area contributed by atoms with Gasteiger partial charge in [-0.05, 0) is 43.0 Å². The minimum Gasteiger partial charge on any atom is -0.342 e. The molecule has 5 heteroatoms. The SMILES string of the molecule is CCN1CC2(CCC1=O)CCN(C(=O)c1ccsc1)CC2. The Morgan fingerprint density at radius 1 is 1.33 bits per heavy atom. The predicted octanol–water partition coefficient (Wildman–Crippen LogP) is 2.61. The van der Waals surface area contributed by atoms with Crippen LogP contribution in [0.2, 0.25) is 0 Å². The van der Waals surface area contributed by atoms with Gasteiger partial charge in [0.25, 0.3) is 5.91 Å². The molecule has 2 fully saturated rings. The molecule has 2 saturated heterocycles. The van der Waals surface area contributed by atoms with E-state index in [1.807, 2.05) is 33.6 Å². The van der Waals surface area contributed by atoms with Crippen LogP contribution >= 0.6 is 11.3 Å². The lowest BCUT2D eigenvalue weighted by Gasteiger charge is -2.47. The standard InChI is InChI=1S/C16H22N2O2S/c1-2-17-12-16(5-3-14(17)19)6-8-18(9-7-16)15(20)13-4-10-21-11-13/h4,10-11H,2-3,5-9,12H2,1H3. The number of carbonyl (C=O) groups is 2. The quantitative estimate of drug-likeness (QED) is 0.843. The Hall–Kier alpha value is -1.36. The zero-order valence-electron chi connectivity index (χ0n) is 12.5. The van der Waals surface area contributed by atoms with E-state index in [-0.39, 0.29) is 11.3 Å². The zero-order valence-corrected chi connectivity index (χ0v) is 13.3. The van der Waals surface area contributed by atoms with Crippen LogP contribution in [0.5, 0.6) is 0 Å². The van der Waals surface area contributed by atoms with Gasteiger partial charge >= 0.3 is 0 Å². The van der Waals surface area contributed by atoms with E-state index in [2.05, 4.69) is 0 Å². The maximum Gasteiger partial charge on any atom is 0.254 e. The average molecular weight is 306 g/mol. The summed E-state index contributed by atoms with van der Waals surface area (Å²) in [6.45, 7) is 5.37. The highest BCUT2D eigenvalue weighted by Crippen LogP contribution is 2.40. The number of hydrogen-bond acceptors (Lipinski definition) is 3. The Balaban J connectivity index is 1.62. The molecule has 2 amide bonds. The number of thiophene rings is 1. The maximum atomic E-state index is 12.4. The van der Waals surface area contributed by atoms with Crippen LogP contribution in [0.15, 0.2) is 16.8 Å². The first kappa shape index (κ1) is 14.6. The third-order valence-corrected chi connectivity index (χ3v) is 5.69. The lowest BCUT2D eigenvalue weighted by atomic mass is 9.72. The van der Waals surface area contributed by atoms with Crippen molar-refractivity contribution in [3.8, 4) is 0 Å². The first-order valence-electron chi connectivity index (χ1n) is 7.73. The van der Waals surface area contributed by atoms with Gasteiger partial charge in [-0.1, -0.05) is 0 Å². The Morgan fingerprint density at radius 2 is 2.10 bits per heavy atom. The summed E-state index contributed by atoms with van der Waals surface area (Å²) in [6.07, 6.45) is 3.70. The molecule has 3 rings (SSSR count). The molecule has 0 saturated carbocycles. The molecule has 0 bridgehead atoms. The summed E-state index contributed by atoms with van der Waals surface area (Å²) in [6, 6.07) is 1.90. The van der Waals surface area contributed by atoms with E-state index in [0.29, 0.717) is 12.3 Å². The topological polar surface area (TPSA) is 40.6 Å². The van der Waals surface area contributed by atoms with E-state index in [0.717, 1.165) is 51.0 Å². The number of hydrogen-bond donors (Lipinski definition) is 0. The molecular weight excluding hydrogens is 284 g/mol. The van der Waals surface area contributed by atoms with Crippen molar-refractivity contribution in [2.75, 3.05) is 26.2 Å². The van der Waals surface area contributed by atoms with Gasteiger partial charge in [-0.25, -0.2) is 0 Å². The van der Waals surface area contributed by atoms with Gasteiger partial charge in [0.2, 0.25) is 5.91 Å². The Bertz CT molecular complexity index is 518. The van der Waals surface area contributed by atoms with Crippen molar-refractivity contribution in [1.82, 2.24) is 9.80 Å². The number of piperidine rings is 2. The van der Waals surface area contributed by atoms with Gasteiger partial charge < -0.3 is 9.80 Å². The Kier molecular flexibility index (Phi) is 4.02. The van der Waals surface area contributed by atoms with E-state index < -0.39 is 0 Å². The van der Waals surface area contributed by atoms with Gasteiger partial charge in [0, 0.05) is 38.0 Å². The van der Waals surface area contributed by atoms with Gasteiger partial charge in [-0.15, -0.1) is 0 Å². The molecule has 2 aliphatic heterocycles. The Morgan fingerprint density at radius 3 is 2.71 bits per heavy atom. The van der Waals surface area contributed by atoms with Crippen LogP contribution in [0.4, 0.5) is 0 Å². The van der Waals surface area contributed by atoms with Crippen LogP contribution < -0.4 is 0 Å². The maximum absolute atomic E-state index is 12.4. The van der Waals surface area contributed by atoms with Crippen molar-refractivity contribution >= 4 is 23.2 Å². The fourth-order valence-electron chi connectivity index (χ4n) is 3.55. The second-order valence-corrected chi connectivity index (χ2v) is 6.99. The molecule has 2 aliphatic rings. The largest absolute Gasteiger partial charge is 0.342 e. The van der Waals surface area contributed by atoms with Crippen LogP contribution in [0.1, 0.15) is 43.0 Å². The second-order valence-electron chi connectivity index (χ2n) is 6.21. The number of likely N-dealkylation sites (tertiary alicyclic amines) is 2. The predicted molar refractivity (Wildman–Crippen MR) is 83.4 cm³/mol. The minimum atomic E-state index is 0.158. The minimum absolute atomic E-state index is 0.158. The third-order valence-electron chi connectivity index (χ3n) is 5.01.